The van der Waals surface area contributed by atoms with Crippen LogP contribution < -0.4 is 0 Å². The van der Waals surface area contributed by atoms with E-state index in [-0.39, 0.29) is 5.69 Å². The topological polar surface area (TPSA) is 76.6 Å². The molecule has 1 saturated heterocycles. The van der Waals surface area contributed by atoms with Crippen molar-refractivity contribution in [3.8, 4) is 11.1 Å². The first-order valence-corrected chi connectivity index (χ1v) is 11.5. The summed E-state index contributed by atoms with van der Waals surface area (Å²) in [6, 6.07) is 7.10. The third kappa shape index (κ3) is 4.93. The number of sulfone groups is 1. The molecule has 1 aromatic carbocycles. The van der Waals surface area contributed by atoms with Crippen molar-refractivity contribution < 1.29 is 35.5 Å². The predicted molar refractivity (Wildman–Crippen MR) is 109 cm³/mol. The van der Waals surface area contributed by atoms with Crippen LogP contribution in [-0.4, -0.2) is 55.1 Å². The van der Waals surface area contributed by atoms with Crippen molar-refractivity contribution in [2.45, 2.75) is 43.9 Å². The summed E-state index contributed by atoms with van der Waals surface area (Å²) in [7, 11) is -3.85. The van der Waals surface area contributed by atoms with E-state index in [2.05, 4.69) is 4.98 Å². The number of rotatable bonds is 7. The fraction of sp³-hybridized carbons (Fsp3) is 0.429. The minimum Gasteiger partial charge on any atom is -0.346 e. The van der Waals surface area contributed by atoms with E-state index in [1.54, 1.807) is 30.3 Å². The summed E-state index contributed by atoms with van der Waals surface area (Å²) in [5.41, 5.74) is 0.664. The van der Waals surface area contributed by atoms with Crippen LogP contribution in [0.4, 0.5) is 17.6 Å². The maximum absolute atomic E-state index is 13.8. The molecule has 1 aliphatic heterocycles. The second kappa shape index (κ2) is 9.14. The number of amides is 1. The van der Waals surface area contributed by atoms with Gasteiger partial charge in [-0.05, 0) is 31.0 Å². The standard InChI is InChI=1S/C21H22F4N2O4S/c1-21(2)27(20(28)19(24)25)17(9-22)18(31-21)14-5-3-13(4-6-14)15-7-8-16(26-10-15)11-32(29,30)12-23/h3-8,10,17-19H,9,11-12H2,1-2H3. The quantitative estimate of drug-likeness (QED) is 0.570. The van der Waals surface area contributed by atoms with E-state index in [0.717, 1.165) is 4.90 Å². The van der Waals surface area contributed by atoms with Gasteiger partial charge < -0.3 is 9.64 Å². The van der Waals surface area contributed by atoms with Crippen LogP contribution in [0, 0.1) is 0 Å². The molecule has 0 radical (unpaired) electrons. The van der Waals surface area contributed by atoms with Gasteiger partial charge >= 0.3 is 6.43 Å². The molecule has 1 fully saturated rings. The number of carbonyl (C=O) groups excluding carboxylic acids is 1. The number of hydrogen-bond acceptors (Lipinski definition) is 5. The van der Waals surface area contributed by atoms with Crippen LogP contribution in [0.2, 0.25) is 0 Å². The molecular formula is C21H22F4N2O4S. The second-order valence-corrected chi connectivity index (χ2v) is 9.87. The number of aromatic nitrogens is 1. The van der Waals surface area contributed by atoms with E-state index in [4.69, 9.17) is 4.74 Å². The summed E-state index contributed by atoms with van der Waals surface area (Å²) in [4.78, 5) is 16.7. The third-order valence-electron chi connectivity index (χ3n) is 5.19. The lowest BCUT2D eigenvalue weighted by atomic mass is 9.99. The third-order valence-corrected chi connectivity index (χ3v) is 6.26. The first-order chi connectivity index (χ1) is 15.0. The zero-order chi connectivity index (χ0) is 23.7. The molecule has 32 heavy (non-hydrogen) atoms. The molecule has 1 aliphatic rings. The molecule has 2 aromatic rings. The van der Waals surface area contributed by atoms with Gasteiger partial charge in [0.25, 0.3) is 5.91 Å². The SMILES string of the molecule is CC1(C)OC(c2ccc(-c3ccc(CS(=O)(=O)CF)nc3)cc2)C(CF)N1C(=O)C(F)F. The minimum absolute atomic E-state index is 0.208. The molecule has 0 saturated carbocycles. The van der Waals surface area contributed by atoms with Gasteiger partial charge in [0.15, 0.2) is 15.8 Å². The Bertz CT molecular complexity index is 1060. The molecule has 6 nitrogen and oxygen atoms in total. The monoisotopic (exact) mass is 474 g/mol. The van der Waals surface area contributed by atoms with E-state index in [1.165, 1.54) is 26.1 Å². The van der Waals surface area contributed by atoms with Crippen molar-refractivity contribution >= 4 is 15.7 Å². The lowest BCUT2D eigenvalue weighted by Crippen LogP contribution is -2.51. The van der Waals surface area contributed by atoms with Gasteiger partial charge in [-0.25, -0.2) is 17.2 Å². The van der Waals surface area contributed by atoms with Gasteiger partial charge in [0.1, 0.15) is 18.5 Å². The van der Waals surface area contributed by atoms with Gasteiger partial charge in [-0.15, -0.1) is 0 Å². The number of pyridine rings is 1. The summed E-state index contributed by atoms with van der Waals surface area (Å²) < 4.78 is 80.8. The van der Waals surface area contributed by atoms with Crippen molar-refractivity contribution in [2.75, 3.05) is 12.7 Å². The summed E-state index contributed by atoms with van der Waals surface area (Å²) in [6.45, 7) is 1.81. The maximum atomic E-state index is 13.8. The van der Waals surface area contributed by atoms with Gasteiger partial charge in [-0.2, -0.15) is 8.78 Å². The van der Waals surface area contributed by atoms with Crippen molar-refractivity contribution in [1.82, 2.24) is 9.88 Å². The fourth-order valence-corrected chi connectivity index (χ4v) is 4.46. The normalized spacial score (nSPS) is 20.7. The second-order valence-electron chi connectivity index (χ2n) is 7.87. The summed E-state index contributed by atoms with van der Waals surface area (Å²) in [5.74, 6) is -1.99. The van der Waals surface area contributed by atoms with E-state index in [9.17, 15) is 30.8 Å². The molecule has 2 atom stereocenters. The van der Waals surface area contributed by atoms with E-state index in [0.29, 0.717) is 16.7 Å². The number of ether oxygens (including phenoxy) is 1. The van der Waals surface area contributed by atoms with Gasteiger partial charge in [0.05, 0.1) is 17.5 Å². The summed E-state index contributed by atoms with van der Waals surface area (Å²) >= 11 is 0. The number of nitrogens with zero attached hydrogens (tertiary/aromatic N) is 2. The molecule has 11 heteroatoms. The maximum Gasteiger partial charge on any atom is 0.315 e. The lowest BCUT2D eigenvalue weighted by Gasteiger charge is -2.32. The van der Waals surface area contributed by atoms with Crippen LogP contribution in [0.1, 0.15) is 31.2 Å². The zero-order valence-corrected chi connectivity index (χ0v) is 18.2. The Morgan fingerprint density at radius 3 is 2.25 bits per heavy atom. The van der Waals surface area contributed by atoms with Crippen LogP contribution in [0.3, 0.4) is 0 Å². The van der Waals surface area contributed by atoms with Crippen LogP contribution in [0.15, 0.2) is 42.6 Å². The van der Waals surface area contributed by atoms with Crippen LogP contribution in [-0.2, 0) is 25.1 Å². The van der Waals surface area contributed by atoms with Crippen LogP contribution in [0.25, 0.3) is 11.1 Å². The molecule has 0 aliphatic carbocycles. The van der Waals surface area contributed by atoms with Gasteiger partial charge in [-0.3, -0.25) is 9.78 Å². The number of alkyl halides is 4. The predicted octanol–water partition coefficient (Wildman–Crippen LogP) is 3.83. The molecule has 0 bridgehead atoms. The number of hydrogen-bond donors (Lipinski definition) is 0. The Morgan fingerprint density at radius 1 is 1.12 bits per heavy atom. The van der Waals surface area contributed by atoms with Gasteiger partial charge in [-0.1, -0.05) is 30.3 Å². The highest BCUT2D eigenvalue weighted by molar-refractivity contribution is 7.90. The first kappa shape index (κ1) is 24.1. The molecule has 174 valence electrons. The number of benzene rings is 1. The number of halogens is 4. The minimum atomic E-state index is -3.85. The Hall–Kier alpha value is -2.53. The molecular weight excluding hydrogens is 452 g/mol. The smallest absolute Gasteiger partial charge is 0.315 e. The van der Waals surface area contributed by atoms with E-state index >= 15 is 0 Å². The molecule has 3 rings (SSSR count). The van der Waals surface area contributed by atoms with Crippen LogP contribution in [0.5, 0.6) is 0 Å². The van der Waals surface area contributed by atoms with Crippen molar-refractivity contribution in [1.29, 1.82) is 0 Å². The lowest BCUT2D eigenvalue weighted by molar-refractivity contribution is -0.159. The number of carbonyl (C=O) groups is 1. The summed E-state index contributed by atoms with van der Waals surface area (Å²) in [6.07, 6.45) is -2.76. The van der Waals surface area contributed by atoms with Gasteiger partial charge in [0, 0.05) is 11.8 Å². The zero-order valence-electron chi connectivity index (χ0n) is 17.3. The van der Waals surface area contributed by atoms with Crippen LogP contribution >= 0.6 is 0 Å². The van der Waals surface area contributed by atoms with Gasteiger partial charge in [0.2, 0.25) is 0 Å². The Balaban J connectivity index is 1.81. The van der Waals surface area contributed by atoms with E-state index in [1.807, 2.05) is 0 Å². The molecule has 0 spiro atoms. The summed E-state index contributed by atoms with van der Waals surface area (Å²) in [5, 5.41) is 0. The Morgan fingerprint density at radius 2 is 1.75 bits per heavy atom. The molecule has 0 N–H and O–H groups in total. The first-order valence-electron chi connectivity index (χ1n) is 9.66. The molecule has 1 aromatic heterocycles. The highest BCUT2D eigenvalue weighted by Gasteiger charge is 2.52. The van der Waals surface area contributed by atoms with Crippen molar-refractivity contribution in [3.05, 3.63) is 53.9 Å². The average Bonchev–Trinajstić information content (AvgIpc) is 3.03. The Labute approximate surface area is 183 Å². The highest BCUT2D eigenvalue weighted by Crippen LogP contribution is 2.42. The van der Waals surface area contributed by atoms with Crippen molar-refractivity contribution in [2.24, 2.45) is 0 Å². The molecule has 2 heterocycles. The van der Waals surface area contributed by atoms with Crippen molar-refractivity contribution in [3.63, 3.8) is 0 Å². The Kier molecular flexibility index (Phi) is 6.89. The largest absolute Gasteiger partial charge is 0.346 e. The average molecular weight is 474 g/mol. The molecule has 2 unspecified atom stereocenters. The van der Waals surface area contributed by atoms with E-state index < -0.39 is 58.5 Å². The highest BCUT2D eigenvalue weighted by atomic mass is 32.2. The molecule has 1 amide bonds. The fourth-order valence-electron chi connectivity index (χ4n) is 3.76.